The molecule has 7 nitrogen and oxygen atoms in total. The molecule has 180 valence electrons. The monoisotopic (exact) mass is 477 g/mol. The molecule has 2 aromatic carbocycles. The molecule has 1 amide bonds. The van der Waals surface area contributed by atoms with Crippen LogP contribution in [-0.4, -0.2) is 37.7 Å². The summed E-state index contributed by atoms with van der Waals surface area (Å²) in [5.74, 6) is 0.373. The molecule has 2 atom stereocenters. The molecule has 1 aliphatic heterocycles. The van der Waals surface area contributed by atoms with E-state index in [4.69, 9.17) is 4.74 Å². The van der Waals surface area contributed by atoms with Crippen LogP contribution in [0.3, 0.4) is 0 Å². The van der Waals surface area contributed by atoms with Crippen LogP contribution in [0.15, 0.2) is 73.3 Å². The summed E-state index contributed by atoms with van der Waals surface area (Å²) in [5, 5.41) is 9.28. The van der Waals surface area contributed by atoms with Crippen LogP contribution in [0, 0.1) is 17.2 Å². The second-order valence-corrected chi connectivity index (χ2v) is 10.0. The number of aromatic nitrogens is 3. The van der Waals surface area contributed by atoms with Crippen molar-refractivity contribution in [1.29, 1.82) is 5.26 Å². The molecule has 2 aliphatic rings. The number of carbonyl (C=O) groups excluding carboxylic acids is 1. The summed E-state index contributed by atoms with van der Waals surface area (Å²) in [4.78, 5) is 23.7. The van der Waals surface area contributed by atoms with Crippen molar-refractivity contribution in [2.24, 2.45) is 5.92 Å². The van der Waals surface area contributed by atoms with Crippen molar-refractivity contribution in [2.75, 3.05) is 6.54 Å². The molecular weight excluding hydrogens is 450 g/mol. The van der Waals surface area contributed by atoms with Crippen LogP contribution in [0.2, 0.25) is 0 Å². The number of rotatable bonds is 5. The highest BCUT2D eigenvalue weighted by Crippen LogP contribution is 2.41. The van der Waals surface area contributed by atoms with Crippen molar-refractivity contribution in [3.8, 4) is 17.2 Å². The lowest BCUT2D eigenvalue weighted by Crippen LogP contribution is -2.40. The maximum absolute atomic E-state index is 12.9. The summed E-state index contributed by atoms with van der Waals surface area (Å²) in [6.45, 7) is 1.89. The Morgan fingerprint density at radius 2 is 2.00 bits per heavy atom. The van der Waals surface area contributed by atoms with E-state index in [9.17, 15) is 10.1 Å². The average Bonchev–Trinajstić information content (AvgIpc) is 3.44. The van der Waals surface area contributed by atoms with Crippen molar-refractivity contribution >= 4 is 17.1 Å². The molecule has 0 bridgehead atoms. The zero-order valence-corrected chi connectivity index (χ0v) is 20.0. The van der Waals surface area contributed by atoms with Crippen LogP contribution < -0.4 is 0 Å². The van der Waals surface area contributed by atoms with Crippen molar-refractivity contribution in [3.63, 3.8) is 0 Å². The van der Waals surface area contributed by atoms with Gasteiger partial charge in [-0.15, -0.1) is 0 Å². The molecule has 0 radical (unpaired) electrons. The van der Waals surface area contributed by atoms with Crippen LogP contribution in [0.4, 0.5) is 4.79 Å². The van der Waals surface area contributed by atoms with Crippen molar-refractivity contribution in [1.82, 2.24) is 19.4 Å². The Morgan fingerprint density at radius 1 is 1.11 bits per heavy atom. The van der Waals surface area contributed by atoms with Gasteiger partial charge in [-0.05, 0) is 67.0 Å². The third-order valence-corrected chi connectivity index (χ3v) is 7.43. The standard InChI is InChI=1S/C29H27N5O2/c30-14-21-8-9-26-27(12-21)34(20-32-26)17-22-5-4-10-29(13-22)19-33(28(35)36-29)18-23-11-25(16-31-15-23)24-6-2-1-3-7-24/h1-3,6-9,11-12,15-16,20,22H,4-5,10,13,17-19H2. The van der Waals surface area contributed by atoms with Crippen molar-refractivity contribution in [2.45, 2.75) is 44.4 Å². The number of ether oxygens (including phenoxy) is 1. The fourth-order valence-electron chi connectivity index (χ4n) is 5.78. The molecule has 2 aromatic heterocycles. The van der Waals surface area contributed by atoms with Crippen LogP contribution >= 0.6 is 0 Å². The number of hydrogen-bond acceptors (Lipinski definition) is 5. The van der Waals surface area contributed by atoms with Gasteiger partial charge in [-0.3, -0.25) is 9.88 Å². The van der Waals surface area contributed by atoms with Crippen molar-refractivity contribution in [3.05, 3.63) is 84.4 Å². The van der Waals surface area contributed by atoms with E-state index >= 15 is 0 Å². The Hall–Kier alpha value is -4.18. The zero-order chi connectivity index (χ0) is 24.5. The average molecular weight is 478 g/mol. The number of amides is 1. The molecule has 6 rings (SSSR count). The van der Waals surface area contributed by atoms with E-state index in [1.807, 2.05) is 54.0 Å². The molecule has 2 fully saturated rings. The number of nitrogens with zero attached hydrogens (tertiary/aromatic N) is 5. The smallest absolute Gasteiger partial charge is 0.410 e. The van der Waals surface area contributed by atoms with Gasteiger partial charge in [-0.25, -0.2) is 9.78 Å². The van der Waals surface area contributed by atoms with Gasteiger partial charge < -0.3 is 9.30 Å². The first-order chi connectivity index (χ1) is 17.6. The molecule has 1 spiro atoms. The predicted octanol–water partition coefficient (Wildman–Crippen LogP) is 5.55. The van der Waals surface area contributed by atoms with Gasteiger partial charge in [0.05, 0.1) is 42.1 Å². The second kappa shape index (κ2) is 9.12. The second-order valence-electron chi connectivity index (χ2n) is 10.0. The molecule has 0 N–H and O–H groups in total. The molecular formula is C29H27N5O2. The van der Waals surface area contributed by atoms with Crippen LogP contribution in [0.25, 0.3) is 22.2 Å². The largest absolute Gasteiger partial charge is 0.441 e. The third-order valence-electron chi connectivity index (χ3n) is 7.43. The molecule has 36 heavy (non-hydrogen) atoms. The van der Waals surface area contributed by atoms with E-state index in [1.165, 1.54) is 0 Å². The van der Waals surface area contributed by atoms with Gasteiger partial charge in [0.25, 0.3) is 0 Å². The summed E-state index contributed by atoms with van der Waals surface area (Å²) >= 11 is 0. The topological polar surface area (TPSA) is 84.0 Å². The minimum atomic E-state index is -0.446. The quantitative estimate of drug-likeness (QED) is 0.376. The SMILES string of the molecule is N#Cc1ccc2ncn(CC3CCCC4(C3)CN(Cc3cncc(-c5ccccc5)c3)C(=O)O4)c2c1. The van der Waals surface area contributed by atoms with Crippen molar-refractivity contribution < 1.29 is 9.53 Å². The van der Waals surface area contributed by atoms with Gasteiger partial charge in [0.15, 0.2) is 0 Å². The lowest BCUT2D eigenvalue weighted by Gasteiger charge is -2.36. The van der Waals surface area contributed by atoms with E-state index in [0.717, 1.165) is 60.0 Å². The number of nitriles is 1. The van der Waals surface area contributed by atoms with E-state index in [-0.39, 0.29) is 6.09 Å². The predicted molar refractivity (Wildman–Crippen MR) is 136 cm³/mol. The molecule has 1 saturated heterocycles. The molecule has 7 heteroatoms. The fraction of sp³-hybridized carbons (Fsp3) is 0.310. The highest BCUT2D eigenvalue weighted by molar-refractivity contribution is 5.77. The number of pyridine rings is 1. The normalized spacial score (nSPS) is 21.6. The van der Waals surface area contributed by atoms with Gasteiger partial charge in [-0.1, -0.05) is 30.3 Å². The lowest BCUT2D eigenvalue weighted by atomic mass is 9.78. The van der Waals surface area contributed by atoms with E-state index in [2.05, 4.69) is 38.8 Å². The summed E-state index contributed by atoms with van der Waals surface area (Å²) in [7, 11) is 0. The minimum Gasteiger partial charge on any atom is -0.441 e. The van der Waals surface area contributed by atoms with E-state index < -0.39 is 5.60 Å². The number of fused-ring (bicyclic) bond motifs is 1. The Labute approximate surface area is 210 Å². The maximum Gasteiger partial charge on any atom is 0.410 e. The summed E-state index contributed by atoms with van der Waals surface area (Å²) in [5.41, 5.74) is 5.20. The third kappa shape index (κ3) is 4.31. The molecule has 1 aliphatic carbocycles. The minimum absolute atomic E-state index is 0.243. The Kier molecular flexibility index (Phi) is 5.65. The number of hydrogen-bond donors (Lipinski definition) is 0. The van der Waals surface area contributed by atoms with Gasteiger partial charge in [-0.2, -0.15) is 5.26 Å². The summed E-state index contributed by atoms with van der Waals surface area (Å²) < 4.78 is 8.20. The molecule has 3 heterocycles. The fourth-order valence-corrected chi connectivity index (χ4v) is 5.78. The van der Waals surface area contributed by atoms with Gasteiger partial charge in [0.2, 0.25) is 0 Å². The molecule has 4 aromatic rings. The first kappa shape index (κ1) is 22.3. The molecule has 1 saturated carbocycles. The summed E-state index contributed by atoms with van der Waals surface area (Å²) in [6, 6.07) is 20.1. The Balaban J connectivity index is 1.16. The first-order valence-corrected chi connectivity index (χ1v) is 12.4. The zero-order valence-electron chi connectivity index (χ0n) is 20.0. The first-order valence-electron chi connectivity index (χ1n) is 12.4. The van der Waals surface area contributed by atoms with Crippen LogP contribution in [-0.2, 0) is 17.8 Å². The molecule has 2 unspecified atom stereocenters. The van der Waals surface area contributed by atoms with E-state index in [1.54, 1.807) is 6.07 Å². The van der Waals surface area contributed by atoms with Gasteiger partial charge >= 0.3 is 6.09 Å². The Bertz CT molecular complexity index is 1460. The Morgan fingerprint density at radius 3 is 2.86 bits per heavy atom. The van der Waals surface area contributed by atoms with E-state index in [0.29, 0.717) is 24.6 Å². The lowest BCUT2D eigenvalue weighted by molar-refractivity contribution is 0.00415. The highest BCUT2D eigenvalue weighted by atomic mass is 16.6. The number of imidazole rings is 1. The summed E-state index contributed by atoms with van der Waals surface area (Å²) in [6.07, 6.45) is 9.11. The van der Waals surface area contributed by atoms with Crippen LogP contribution in [0.1, 0.15) is 36.8 Å². The number of carbonyl (C=O) groups is 1. The van der Waals surface area contributed by atoms with Crippen LogP contribution in [0.5, 0.6) is 0 Å². The van der Waals surface area contributed by atoms with Gasteiger partial charge in [0, 0.05) is 24.5 Å². The number of benzene rings is 2. The van der Waals surface area contributed by atoms with Gasteiger partial charge in [0.1, 0.15) is 5.60 Å². The maximum atomic E-state index is 12.9. The highest BCUT2D eigenvalue weighted by Gasteiger charge is 2.47.